The van der Waals surface area contributed by atoms with Gasteiger partial charge in [0.2, 0.25) is 0 Å². The van der Waals surface area contributed by atoms with E-state index in [0.717, 1.165) is 16.3 Å². The van der Waals surface area contributed by atoms with E-state index in [9.17, 15) is 4.79 Å². The SMILES string of the molecule is COCc1ccccc1C(=O)NC(C)(C)c1nc(C)c(C)s1. The van der Waals surface area contributed by atoms with Crippen LogP contribution in [-0.4, -0.2) is 18.0 Å². The van der Waals surface area contributed by atoms with Crippen molar-refractivity contribution in [3.63, 3.8) is 0 Å². The molecule has 22 heavy (non-hydrogen) atoms. The molecule has 0 saturated carbocycles. The maximum atomic E-state index is 12.6. The zero-order valence-corrected chi connectivity index (χ0v) is 14.5. The molecule has 5 heteroatoms. The second-order valence-electron chi connectivity index (χ2n) is 5.83. The number of amides is 1. The Hall–Kier alpha value is -1.72. The molecule has 1 aromatic heterocycles. The molecule has 1 aromatic carbocycles. The number of aromatic nitrogens is 1. The van der Waals surface area contributed by atoms with Crippen LogP contribution in [0.5, 0.6) is 0 Å². The molecule has 0 radical (unpaired) electrons. The van der Waals surface area contributed by atoms with Crippen LogP contribution in [0, 0.1) is 13.8 Å². The van der Waals surface area contributed by atoms with E-state index in [4.69, 9.17) is 4.74 Å². The minimum Gasteiger partial charge on any atom is -0.380 e. The number of nitrogens with zero attached hydrogens (tertiary/aromatic N) is 1. The molecule has 0 aliphatic heterocycles. The van der Waals surface area contributed by atoms with Crippen LogP contribution < -0.4 is 5.32 Å². The number of nitrogens with one attached hydrogen (secondary N) is 1. The molecule has 0 fully saturated rings. The van der Waals surface area contributed by atoms with Crippen molar-refractivity contribution in [2.75, 3.05) is 7.11 Å². The average molecular weight is 318 g/mol. The van der Waals surface area contributed by atoms with Crippen LogP contribution in [-0.2, 0) is 16.9 Å². The summed E-state index contributed by atoms with van der Waals surface area (Å²) in [5.74, 6) is -0.108. The van der Waals surface area contributed by atoms with Gasteiger partial charge < -0.3 is 10.1 Å². The number of thiazole rings is 1. The molecule has 0 unspecified atom stereocenters. The lowest BCUT2D eigenvalue weighted by Crippen LogP contribution is -2.41. The summed E-state index contributed by atoms with van der Waals surface area (Å²) in [6.45, 7) is 8.39. The molecular weight excluding hydrogens is 296 g/mol. The molecule has 1 N–H and O–H groups in total. The number of hydrogen-bond acceptors (Lipinski definition) is 4. The van der Waals surface area contributed by atoms with Crippen molar-refractivity contribution in [2.24, 2.45) is 0 Å². The lowest BCUT2D eigenvalue weighted by Gasteiger charge is -2.24. The fourth-order valence-corrected chi connectivity index (χ4v) is 3.14. The predicted molar refractivity (Wildman–Crippen MR) is 89.2 cm³/mol. The Morgan fingerprint density at radius 2 is 2.00 bits per heavy atom. The van der Waals surface area contributed by atoms with Gasteiger partial charge in [0.1, 0.15) is 5.01 Å². The summed E-state index contributed by atoms with van der Waals surface area (Å²) in [5, 5.41) is 4.00. The number of ether oxygens (including phenoxy) is 1. The van der Waals surface area contributed by atoms with Crippen LogP contribution in [0.15, 0.2) is 24.3 Å². The summed E-state index contributed by atoms with van der Waals surface area (Å²) in [6, 6.07) is 7.49. The largest absolute Gasteiger partial charge is 0.380 e. The normalized spacial score (nSPS) is 11.5. The van der Waals surface area contributed by atoms with E-state index in [-0.39, 0.29) is 5.91 Å². The van der Waals surface area contributed by atoms with Crippen LogP contribution >= 0.6 is 11.3 Å². The first-order valence-corrected chi connectivity index (χ1v) is 8.00. The summed E-state index contributed by atoms with van der Waals surface area (Å²) in [6.07, 6.45) is 0. The Balaban J connectivity index is 2.24. The summed E-state index contributed by atoms with van der Waals surface area (Å²) < 4.78 is 5.16. The van der Waals surface area contributed by atoms with E-state index in [1.54, 1.807) is 18.4 Å². The van der Waals surface area contributed by atoms with Gasteiger partial charge in [0, 0.05) is 17.6 Å². The first-order chi connectivity index (χ1) is 10.3. The maximum Gasteiger partial charge on any atom is 0.252 e. The molecule has 0 bridgehead atoms. The highest BCUT2D eigenvalue weighted by Gasteiger charge is 2.28. The van der Waals surface area contributed by atoms with Gasteiger partial charge in [0.25, 0.3) is 5.91 Å². The highest BCUT2D eigenvalue weighted by Crippen LogP contribution is 2.27. The molecular formula is C17H22N2O2S. The highest BCUT2D eigenvalue weighted by molar-refractivity contribution is 7.11. The van der Waals surface area contributed by atoms with Gasteiger partial charge in [-0.25, -0.2) is 4.98 Å². The third-order valence-corrected chi connectivity index (χ3v) is 4.95. The lowest BCUT2D eigenvalue weighted by molar-refractivity contribution is 0.0907. The minimum absolute atomic E-state index is 0.108. The topological polar surface area (TPSA) is 51.2 Å². The first kappa shape index (κ1) is 16.6. The first-order valence-electron chi connectivity index (χ1n) is 7.19. The van der Waals surface area contributed by atoms with Gasteiger partial charge in [0.15, 0.2) is 0 Å². The van der Waals surface area contributed by atoms with Crippen molar-refractivity contribution in [3.8, 4) is 0 Å². The predicted octanol–water partition coefficient (Wildman–Crippen LogP) is 3.57. The second-order valence-corrected chi connectivity index (χ2v) is 7.03. The van der Waals surface area contributed by atoms with Crippen LogP contribution in [0.4, 0.5) is 0 Å². The number of carbonyl (C=O) groups excluding carboxylic acids is 1. The van der Waals surface area contributed by atoms with Crippen molar-refractivity contribution in [1.29, 1.82) is 0 Å². The monoisotopic (exact) mass is 318 g/mol. The van der Waals surface area contributed by atoms with Crippen molar-refractivity contribution in [1.82, 2.24) is 10.3 Å². The number of benzene rings is 1. The molecule has 2 rings (SSSR count). The molecule has 4 nitrogen and oxygen atoms in total. The minimum atomic E-state index is -0.513. The Kier molecular flexibility index (Phi) is 4.98. The van der Waals surface area contributed by atoms with Crippen LogP contribution in [0.1, 0.15) is 45.3 Å². The zero-order chi connectivity index (χ0) is 16.3. The van der Waals surface area contributed by atoms with Gasteiger partial charge in [-0.1, -0.05) is 18.2 Å². The molecule has 1 amide bonds. The summed E-state index contributed by atoms with van der Waals surface area (Å²) in [7, 11) is 1.62. The molecule has 118 valence electrons. The van der Waals surface area contributed by atoms with Gasteiger partial charge in [0.05, 0.1) is 17.8 Å². The average Bonchev–Trinajstić information content (AvgIpc) is 2.80. The number of aryl methyl sites for hydroxylation is 2. The molecule has 0 aliphatic carbocycles. The van der Waals surface area contributed by atoms with E-state index >= 15 is 0 Å². The zero-order valence-electron chi connectivity index (χ0n) is 13.7. The van der Waals surface area contributed by atoms with Gasteiger partial charge in [-0.3, -0.25) is 4.79 Å². The van der Waals surface area contributed by atoms with Crippen molar-refractivity contribution in [2.45, 2.75) is 39.8 Å². The molecule has 0 spiro atoms. The van der Waals surface area contributed by atoms with E-state index in [1.807, 2.05) is 52.0 Å². The van der Waals surface area contributed by atoms with Gasteiger partial charge in [-0.15, -0.1) is 11.3 Å². The quantitative estimate of drug-likeness (QED) is 0.917. The Bertz CT molecular complexity index is 658. The van der Waals surface area contributed by atoms with Crippen LogP contribution in [0.2, 0.25) is 0 Å². The molecule has 2 aromatic rings. The number of hydrogen-bond donors (Lipinski definition) is 1. The highest BCUT2D eigenvalue weighted by atomic mass is 32.1. The molecule has 0 atom stereocenters. The lowest BCUT2D eigenvalue weighted by atomic mass is 10.0. The van der Waals surface area contributed by atoms with Crippen molar-refractivity contribution >= 4 is 17.2 Å². The summed E-state index contributed by atoms with van der Waals surface area (Å²) >= 11 is 1.62. The fourth-order valence-electron chi connectivity index (χ4n) is 2.17. The second kappa shape index (κ2) is 6.58. The van der Waals surface area contributed by atoms with Crippen LogP contribution in [0.25, 0.3) is 0 Å². The Labute approximate surface area is 135 Å². The van der Waals surface area contributed by atoms with E-state index in [2.05, 4.69) is 10.3 Å². The molecule has 0 aliphatic rings. The summed E-state index contributed by atoms with van der Waals surface area (Å²) in [4.78, 5) is 18.4. The van der Waals surface area contributed by atoms with E-state index < -0.39 is 5.54 Å². The third-order valence-electron chi connectivity index (χ3n) is 3.55. The van der Waals surface area contributed by atoms with Crippen molar-refractivity contribution in [3.05, 3.63) is 51.0 Å². The fraction of sp³-hybridized carbons (Fsp3) is 0.412. The Morgan fingerprint density at radius 3 is 2.59 bits per heavy atom. The maximum absolute atomic E-state index is 12.6. The smallest absolute Gasteiger partial charge is 0.252 e. The standard InChI is InChI=1S/C17H22N2O2S/c1-11-12(2)22-16(18-11)17(3,4)19-15(20)14-9-7-6-8-13(14)10-21-5/h6-9H,10H2,1-5H3,(H,19,20). The Morgan fingerprint density at radius 1 is 1.32 bits per heavy atom. The third kappa shape index (κ3) is 3.54. The summed E-state index contributed by atoms with van der Waals surface area (Å²) in [5.41, 5.74) is 2.02. The van der Waals surface area contributed by atoms with Crippen molar-refractivity contribution < 1.29 is 9.53 Å². The van der Waals surface area contributed by atoms with Gasteiger partial charge in [-0.2, -0.15) is 0 Å². The van der Waals surface area contributed by atoms with Gasteiger partial charge >= 0.3 is 0 Å². The molecule has 0 saturated heterocycles. The van der Waals surface area contributed by atoms with Crippen LogP contribution in [0.3, 0.4) is 0 Å². The number of methoxy groups -OCH3 is 1. The van der Waals surface area contributed by atoms with Gasteiger partial charge in [-0.05, 0) is 39.3 Å². The number of carbonyl (C=O) groups is 1. The number of rotatable bonds is 5. The molecule has 1 heterocycles. The van der Waals surface area contributed by atoms with E-state index in [0.29, 0.717) is 12.2 Å². The van der Waals surface area contributed by atoms with E-state index in [1.165, 1.54) is 4.88 Å².